The van der Waals surface area contributed by atoms with Gasteiger partial charge in [-0.3, -0.25) is 4.79 Å². The van der Waals surface area contributed by atoms with Crippen LogP contribution in [0.15, 0.2) is 140 Å². The molecule has 7 aromatic rings. The molecule has 50 heavy (non-hydrogen) atoms. The first-order valence-corrected chi connectivity index (χ1v) is 16.6. The Morgan fingerprint density at radius 3 is 1.10 bits per heavy atom. The highest BCUT2D eigenvalue weighted by Gasteiger charge is 2.19. The fourth-order valence-corrected chi connectivity index (χ4v) is 6.96. The molecule has 0 saturated heterocycles. The molecule has 4 aromatic carbocycles. The zero-order valence-electron chi connectivity index (χ0n) is 27.0. The van der Waals surface area contributed by atoms with E-state index in [1.807, 2.05) is 42.5 Å². The smallest absolute Gasteiger partial charge is 0.150 e. The Morgan fingerprint density at radius 2 is 0.700 bits per heavy atom. The van der Waals surface area contributed by atoms with Crippen LogP contribution >= 0.6 is 0 Å². The number of carbonyl (C=O) groups is 1. The highest BCUT2D eigenvalue weighted by atomic mass is 16.1. The highest BCUT2D eigenvalue weighted by molar-refractivity contribution is 6.00. The number of aldehydes is 1. The van der Waals surface area contributed by atoms with Crippen LogP contribution in [0.2, 0.25) is 0 Å². The molecule has 2 aliphatic rings. The SMILES string of the molecule is O=Cc1ccc(-c2c3nc(c(-c4ccccc4)c4ccc([nH]4)c(-c4ccccc4)c4ccc([nH]4)c(-c4ccccc4)c4nc2C=C4)C=C3)cc1. The lowest BCUT2D eigenvalue weighted by Gasteiger charge is -2.07. The first-order chi connectivity index (χ1) is 24.7. The average molecular weight is 643 g/mol. The van der Waals surface area contributed by atoms with Gasteiger partial charge >= 0.3 is 0 Å². The predicted molar refractivity (Wildman–Crippen MR) is 206 cm³/mol. The van der Waals surface area contributed by atoms with Crippen LogP contribution < -0.4 is 0 Å². The maximum Gasteiger partial charge on any atom is 0.150 e. The molecule has 5 heterocycles. The van der Waals surface area contributed by atoms with Gasteiger partial charge in [-0.2, -0.15) is 0 Å². The van der Waals surface area contributed by atoms with E-state index in [2.05, 4.69) is 131 Å². The van der Waals surface area contributed by atoms with Crippen LogP contribution in [0.25, 0.3) is 90.9 Å². The van der Waals surface area contributed by atoms with Crippen molar-refractivity contribution in [1.82, 2.24) is 19.9 Å². The molecule has 9 rings (SSSR count). The van der Waals surface area contributed by atoms with Crippen LogP contribution in [-0.4, -0.2) is 26.2 Å². The van der Waals surface area contributed by atoms with Crippen LogP contribution in [0.4, 0.5) is 0 Å². The summed E-state index contributed by atoms with van der Waals surface area (Å²) in [5.74, 6) is 0. The van der Waals surface area contributed by atoms with Crippen molar-refractivity contribution < 1.29 is 4.79 Å². The minimum absolute atomic E-state index is 0.617. The van der Waals surface area contributed by atoms with Crippen molar-refractivity contribution in [1.29, 1.82) is 0 Å². The number of aromatic amines is 2. The standard InChI is InChI=1S/C45H30N4O/c50-28-29-16-18-33(19-17-29)45-40-26-24-38(48-40)43(31-12-6-2-7-13-31)36-22-20-34(46-36)42(30-10-4-1-5-11-30)35-21-23-37(47-35)44(32-14-8-3-9-15-32)39-25-27-41(45)49-39/h1-28,46-47H. The summed E-state index contributed by atoms with van der Waals surface area (Å²) in [5.41, 5.74) is 15.9. The van der Waals surface area contributed by atoms with Gasteiger partial charge in [0.1, 0.15) is 6.29 Å². The number of H-pyrrole nitrogens is 2. The fourth-order valence-electron chi connectivity index (χ4n) is 6.96. The van der Waals surface area contributed by atoms with Crippen molar-refractivity contribution in [2.45, 2.75) is 0 Å². The topological polar surface area (TPSA) is 74.4 Å². The fraction of sp³-hybridized carbons (Fsp3) is 0. The molecular weight excluding hydrogens is 613 g/mol. The van der Waals surface area contributed by atoms with Gasteiger partial charge in [0, 0.05) is 49.9 Å². The molecule has 2 aliphatic heterocycles. The van der Waals surface area contributed by atoms with Crippen LogP contribution in [0.5, 0.6) is 0 Å². The number of nitrogens with zero attached hydrogens (tertiary/aromatic N) is 2. The zero-order valence-corrected chi connectivity index (χ0v) is 27.0. The second-order valence-corrected chi connectivity index (χ2v) is 12.3. The predicted octanol–water partition coefficient (Wildman–Crippen LogP) is 11.1. The molecule has 236 valence electrons. The number of hydrogen-bond donors (Lipinski definition) is 2. The Morgan fingerprint density at radius 1 is 0.360 bits per heavy atom. The second-order valence-electron chi connectivity index (χ2n) is 12.3. The number of benzene rings is 4. The van der Waals surface area contributed by atoms with Gasteiger partial charge in [0.2, 0.25) is 0 Å². The Kier molecular flexibility index (Phi) is 7.21. The van der Waals surface area contributed by atoms with Crippen LogP contribution in [0.1, 0.15) is 33.1 Å². The number of rotatable bonds is 5. The maximum atomic E-state index is 11.6. The van der Waals surface area contributed by atoms with Crippen molar-refractivity contribution in [3.63, 3.8) is 0 Å². The lowest BCUT2D eigenvalue weighted by atomic mass is 10.0. The Bertz CT molecular complexity index is 2490. The molecule has 2 N–H and O–H groups in total. The van der Waals surface area contributed by atoms with Crippen molar-refractivity contribution in [2.75, 3.05) is 0 Å². The average Bonchev–Trinajstić information content (AvgIpc) is 4.01. The van der Waals surface area contributed by atoms with Gasteiger partial charge in [0.15, 0.2) is 0 Å². The van der Waals surface area contributed by atoms with Crippen LogP contribution in [0, 0.1) is 0 Å². The van der Waals surface area contributed by atoms with Crippen molar-refractivity contribution in [2.24, 2.45) is 0 Å². The zero-order chi connectivity index (χ0) is 33.4. The van der Waals surface area contributed by atoms with Crippen LogP contribution in [-0.2, 0) is 0 Å². The largest absolute Gasteiger partial charge is 0.354 e. The molecule has 0 radical (unpaired) electrons. The van der Waals surface area contributed by atoms with E-state index in [-0.39, 0.29) is 0 Å². The van der Waals surface area contributed by atoms with Gasteiger partial charge in [-0.05, 0) is 70.8 Å². The lowest BCUT2D eigenvalue weighted by molar-refractivity contribution is 0.112. The minimum atomic E-state index is 0.617. The molecule has 5 nitrogen and oxygen atoms in total. The third kappa shape index (κ3) is 5.18. The van der Waals surface area contributed by atoms with E-state index in [9.17, 15) is 4.79 Å². The van der Waals surface area contributed by atoms with Gasteiger partial charge in [-0.25, -0.2) is 9.97 Å². The van der Waals surface area contributed by atoms with Gasteiger partial charge in [0.25, 0.3) is 0 Å². The first-order valence-electron chi connectivity index (χ1n) is 16.6. The van der Waals surface area contributed by atoms with Gasteiger partial charge in [0.05, 0.1) is 22.8 Å². The number of carbonyl (C=O) groups excluding carboxylic acids is 1. The van der Waals surface area contributed by atoms with Crippen molar-refractivity contribution in [3.8, 4) is 44.5 Å². The Balaban J connectivity index is 1.47. The van der Waals surface area contributed by atoms with Gasteiger partial charge in [-0.1, -0.05) is 115 Å². The Labute approximate surface area is 289 Å². The molecule has 0 aliphatic carbocycles. The van der Waals surface area contributed by atoms with E-state index < -0.39 is 0 Å². The van der Waals surface area contributed by atoms with Crippen molar-refractivity contribution in [3.05, 3.63) is 168 Å². The second kappa shape index (κ2) is 12.3. The lowest BCUT2D eigenvalue weighted by Crippen LogP contribution is -1.91. The molecule has 0 unspecified atom stereocenters. The first kappa shape index (κ1) is 29.3. The summed E-state index contributed by atoms with van der Waals surface area (Å²) in [6.07, 6.45) is 9.17. The van der Waals surface area contributed by atoms with E-state index in [1.165, 1.54) is 0 Å². The molecule has 0 spiro atoms. The third-order valence-corrected chi connectivity index (χ3v) is 9.28. The summed E-state index contributed by atoms with van der Waals surface area (Å²) >= 11 is 0. The van der Waals surface area contributed by atoms with E-state index in [0.29, 0.717) is 5.56 Å². The summed E-state index contributed by atoms with van der Waals surface area (Å²) in [6.45, 7) is 0. The van der Waals surface area contributed by atoms with Crippen LogP contribution in [0.3, 0.4) is 0 Å². The van der Waals surface area contributed by atoms with E-state index in [4.69, 9.17) is 9.97 Å². The summed E-state index contributed by atoms with van der Waals surface area (Å²) in [4.78, 5) is 29.8. The number of hydrogen-bond acceptors (Lipinski definition) is 3. The molecule has 0 fully saturated rings. The highest BCUT2D eigenvalue weighted by Crippen LogP contribution is 2.38. The molecule has 3 aromatic heterocycles. The molecule has 0 saturated carbocycles. The summed E-state index contributed by atoms with van der Waals surface area (Å²) in [7, 11) is 0. The molecule has 8 bridgehead atoms. The number of aromatic nitrogens is 4. The Hall–Kier alpha value is -6.85. The van der Waals surface area contributed by atoms with Crippen molar-refractivity contribution >= 4 is 52.7 Å². The molecule has 0 amide bonds. The van der Waals surface area contributed by atoms with E-state index >= 15 is 0 Å². The minimum Gasteiger partial charge on any atom is -0.354 e. The number of nitrogens with one attached hydrogen (secondary N) is 2. The van der Waals surface area contributed by atoms with Gasteiger partial charge in [-0.15, -0.1) is 0 Å². The monoisotopic (exact) mass is 642 g/mol. The summed E-state index contributed by atoms with van der Waals surface area (Å²) in [6, 6.07) is 47.5. The number of fused-ring (bicyclic) bond motifs is 8. The summed E-state index contributed by atoms with van der Waals surface area (Å²) < 4.78 is 0. The maximum absolute atomic E-state index is 11.6. The normalized spacial score (nSPS) is 11.9. The van der Waals surface area contributed by atoms with E-state index in [1.54, 1.807) is 0 Å². The van der Waals surface area contributed by atoms with Gasteiger partial charge < -0.3 is 9.97 Å². The van der Waals surface area contributed by atoms with E-state index in [0.717, 1.165) is 95.6 Å². The molecule has 5 heteroatoms. The quantitative estimate of drug-likeness (QED) is 0.183. The molecular formula is C45H30N4O. The summed E-state index contributed by atoms with van der Waals surface area (Å²) in [5, 5.41) is 0. The molecule has 0 atom stereocenters. The third-order valence-electron chi connectivity index (χ3n) is 9.28.